The third kappa shape index (κ3) is 3.54. The number of alkyl halides is 1. The van der Waals surface area contributed by atoms with Gasteiger partial charge in [-0.05, 0) is 19.4 Å². The molecule has 0 N–H and O–H groups in total. The van der Waals surface area contributed by atoms with Crippen molar-refractivity contribution in [1.29, 1.82) is 0 Å². The number of hydrogen-bond acceptors (Lipinski definition) is 2. The Kier molecular flexibility index (Phi) is 4.60. The van der Waals surface area contributed by atoms with Crippen molar-refractivity contribution in [2.24, 2.45) is 0 Å². The highest BCUT2D eigenvalue weighted by Crippen LogP contribution is 2.16. The summed E-state index contributed by atoms with van der Waals surface area (Å²) < 4.78 is 5.52. The predicted octanol–water partition coefficient (Wildman–Crippen LogP) is 2.90. The number of ether oxygens (including phenoxy) is 1. The summed E-state index contributed by atoms with van der Waals surface area (Å²) in [4.78, 5) is 2.51. The Hall–Kier alpha value is -0.380. The van der Waals surface area contributed by atoms with E-state index in [4.69, 9.17) is 4.74 Å². The maximum Gasteiger partial charge on any atom is 0.0630 e. The van der Waals surface area contributed by atoms with Crippen molar-refractivity contribution in [3.8, 4) is 0 Å². The second-order valence-corrected chi connectivity index (χ2v) is 5.50. The molecule has 0 spiro atoms. The normalized spacial score (nSPS) is 21.7. The molecular formula is C14H20BrNO. The van der Waals surface area contributed by atoms with Crippen molar-refractivity contribution in [1.82, 2.24) is 4.90 Å². The minimum atomic E-state index is 0.504. The molecule has 1 heterocycles. The fourth-order valence-electron chi connectivity index (χ4n) is 2.43. The average Bonchev–Trinajstić information content (AvgIpc) is 2.28. The van der Waals surface area contributed by atoms with Crippen molar-refractivity contribution in [2.75, 3.05) is 25.1 Å². The van der Waals surface area contributed by atoms with E-state index in [1.54, 1.807) is 0 Å². The first-order chi connectivity index (χ1) is 8.19. The van der Waals surface area contributed by atoms with E-state index in [0.29, 0.717) is 6.04 Å². The van der Waals surface area contributed by atoms with Crippen molar-refractivity contribution in [2.45, 2.75) is 26.4 Å². The minimum absolute atomic E-state index is 0.504. The molecule has 0 radical (unpaired) electrons. The van der Waals surface area contributed by atoms with E-state index in [-0.39, 0.29) is 0 Å². The molecule has 1 aromatic carbocycles. The Balaban J connectivity index is 2.08. The van der Waals surface area contributed by atoms with Crippen molar-refractivity contribution in [3.63, 3.8) is 0 Å². The zero-order chi connectivity index (χ0) is 12.3. The van der Waals surface area contributed by atoms with Crippen molar-refractivity contribution in [3.05, 3.63) is 34.9 Å². The molecular weight excluding hydrogens is 278 g/mol. The van der Waals surface area contributed by atoms with E-state index in [2.05, 4.69) is 52.9 Å². The molecule has 0 amide bonds. The molecule has 1 aromatic rings. The summed E-state index contributed by atoms with van der Waals surface area (Å²) in [5.41, 5.74) is 4.11. The van der Waals surface area contributed by atoms with Crippen molar-refractivity contribution >= 4 is 15.9 Å². The van der Waals surface area contributed by atoms with Crippen LogP contribution in [0.1, 0.15) is 16.7 Å². The molecule has 2 rings (SSSR count). The van der Waals surface area contributed by atoms with Gasteiger partial charge in [-0.3, -0.25) is 4.90 Å². The molecule has 1 atom stereocenters. The Bertz CT molecular complexity index is 360. The maximum atomic E-state index is 5.52. The molecule has 0 aliphatic carbocycles. The molecule has 2 nitrogen and oxygen atoms in total. The highest BCUT2D eigenvalue weighted by atomic mass is 79.9. The second kappa shape index (κ2) is 5.98. The van der Waals surface area contributed by atoms with Gasteiger partial charge in [0.1, 0.15) is 0 Å². The maximum absolute atomic E-state index is 5.52. The molecule has 0 aromatic heterocycles. The topological polar surface area (TPSA) is 12.5 Å². The number of hydrogen-bond donors (Lipinski definition) is 0. The monoisotopic (exact) mass is 297 g/mol. The number of benzene rings is 1. The standard InChI is InChI=1S/C14H20BrNO/c1-11-5-12(2)7-13(6-11)9-16-3-4-17-10-14(16)8-15/h5-7,14H,3-4,8-10H2,1-2H3. The highest BCUT2D eigenvalue weighted by Gasteiger charge is 2.21. The Morgan fingerprint density at radius 2 is 2.00 bits per heavy atom. The van der Waals surface area contributed by atoms with Crippen LogP contribution in [0.2, 0.25) is 0 Å². The molecule has 17 heavy (non-hydrogen) atoms. The number of aryl methyl sites for hydroxylation is 2. The lowest BCUT2D eigenvalue weighted by molar-refractivity contribution is -0.00213. The Morgan fingerprint density at radius 1 is 1.29 bits per heavy atom. The van der Waals surface area contributed by atoms with Gasteiger partial charge in [0.2, 0.25) is 0 Å². The van der Waals surface area contributed by atoms with E-state index in [0.717, 1.165) is 31.6 Å². The molecule has 1 fully saturated rings. The van der Waals surface area contributed by atoms with E-state index < -0.39 is 0 Å². The van der Waals surface area contributed by atoms with Crippen LogP contribution < -0.4 is 0 Å². The number of nitrogens with zero attached hydrogens (tertiary/aromatic N) is 1. The lowest BCUT2D eigenvalue weighted by Gasteiger charge is -2.34. The third-order valence-electron chi connectivity index (χ3n) is 3.19. The summed E-state index contributed by atoms with van der Waals surface area (Å²) in [7, 11) is 0. The molecule has 1 aliphatic rings. The van der Waals surface area contributed by atoms with E-state index in [1.807, 2.05) is 0 Å². The van der Waals surface area contributed by atoms with E-state index >= 15 is 0 Å². The highest BCUT2D eigenvalue weighted by molar-refractivity contribution is 9.09. The van der Waals surface area contributed by atoms with Crippen LogP contribution in [0.3, 0.4) is 0 Å². The van der Waals surface area contributed by atoms with E-state index in [9.17, 15) is 0 Å². The predicted molar refractivity (Wildman–Crippen MR) is 74.7 cm³/mol. The molecule has 0 saturated carbocycles. The van der Waals surface area contributed by atoms with Crippen molar-refractivity contribution < 1.29 is 4.74 Å². The van der Waals surface area contributed by atoms with Crippen LogP contribution in [0.5, 0.6) is 0 Å². The quantitative estimate of drug-likeness (QED) is 0.796. The van der Waals surface area contributed by atoms with Gasteiger partial charge in [-0.25, -0.2) is 0 Å². The van der Waals surface area contributed by atoms with Crippen LogP contribution in [0.15, 0.2) is 18.2 Å². The van der Waals surface area contributed by atoms with Gasteiger partial charge in [0.15, 0.2) is 0 Å². The Labute approximate surface area is 112 Å². The summed E-state index contributed by atoms with van der Waals surface area (Å²) >= 11 is 3.57. The molecule has 1 aliphatic heterocycles. The zero-order valence-corrected chi connectivity index (χ0v) is 12.2. The molecule has 1 saturated heterocycles. The number of halogens is 1. The van der Waals surface area contributed by atoms with E-state index in [1.165, 1.54) is 16.7 Å². The van der Waals surface area contributed by atoms with Gasteiger partial charge in [-0.15, -0.1) is 0 Å². The molecule has 0 bridgehead atoms. The first-order valence-corrected chi connectivity index (χ1v) is 7.26. The van der Waals surface area contributed by atoms with Gasteiger partial charge in [0.25, 0.3) is 0 Å². The number of morpholine rings is 1. The smallest absolute Gasteiger partial charge is 0.0630 e. The minimum Gasteiger partial charge on any atom is -0.378 e. The lowest BCUT2D eigenvalue weighted by Crippen LogP contribution is -2.45. The van der Waals surface area contributed by atoms with Gasteiger partial charge >= 0.3 is 0 Å². The lowest BCUT2D eigenvalue weighted by atomic mass is 10.1. The van der Waals surface area contributed by atoms with Gasteiger partial charge < -0.3 is 4.74 Å². The van der Waals surface area contributed by atoms with Gasteiger partial charge in [0, 0.05) is 24.5 Å². The van der Waals surface area contributed by atoms with Gasteiger partial charge in [-0.1, -0.05) is 45.3 Å². The summed E-state index contributed by atoms with van der Waals surface area (Å²) in [5, 5.41) is 0.984. The number of rotatable bonds is 3. The van der Waals surface area contributed by atoms with Gasteiger partial charge in [0.05, 0.1) is 13.2 Å². The first kappa shape index (κ1) is 13.1. The zero-order valence-electron chi connectivity index (χ0n) is 10.6. The van der Waals surface area contributed by atoms with Crippen LogP contribution in [0, 0.1) is 13.8 Å². The van der Waals surface area contributed by atoms with Crippen LogP contribution in [0.4, 0.5) is 0 Å². The van der Waals surface area contributed by atoms with Crippen LogP contribution in [-0.4, -0.2) is 36.0 Å². The van der Waals surface area contributed by atoms with Gasteiger partial charge in [-0.2, -0.15) is 0 Å². The van der Waals surface area contributed by atoms with Crippen LogP contribution in [0.25, 0.3) is 0 Å². The van der Waals surface area contributed by atoms with Crippen LogP contribution >= 0.6 is 15.9 Å². The fraction of sp³-hybridized carbons (Fsp3) is 0.571. The largest absolute Gasteiger partial charge is 0.378 e. The molecule has 1 unspecified atom stereocenters. The molecule has 3 heteroatoms. The summed E-state index contributed by atoms with van der Waals surface area (Å²) in [6, 6.07) is 7.30. The summed E-state index contributed by atoms with van der Waals surface area (Å²) in [6.07, 6.45) is 0. The summed E-state index contributed by atoms with van der Waals surface area (Å²) in [5.74, 6) is 0. The fourth-order valence-corrected chi connectivity index (χ4v) is 3.03. The first-order valence-electron chi connectivity index (χ1n) is 6.14. The summed E-state index contributed by atoms with van der Waals surface area (Å²) in [6.45, 7) is 8.09. The SMILES string of the molecule is Cc1cc(C)cc(CN2CCOCC2CBr)c1. The third-order valence-corrected chi connectivity index (χ3v) is 3.94. The average molecular weight is 298 g/mol. The molecule has 94 valence electrons. The van der Waals surface area contributed by atoms with Crippen LogP contribution in [-0.2, 0) is 11.3 Å². The Morgan fingerprint density at radius 3 is 2.65 bits per heavy atom. The second-order valence-electron chi connectivity index (χ2n) is 4.85.